The molecule has 1 atom stereocenters. The van der Waals surface area contributed by atoms with Gasteiger partial charge in [0.15, 0.2) is 0 Å². The second-order valence-electron chi connectivity index (χ2n) is 10.00. The summed E-state index contributed by atoms with van der Waals surface area (Å²) in [5.41, 5.74) is 2.96. The standard InChI is InChI=1S/C25H32N4O2/c1-16(2)31-24(30)21-3-4-22(23(8-21)28-14-20-12-26-15-27-13-20)29-25-9-17-5-18(10-25)7-19(6-17)11-25/h3-4,8,12-13,15-19,28-29H,5-7,9-11,14H2,1-2H3/i14D. The molecule has 0 saturated heterocycles. The fraction of sp³-hybridized carbons (Fsp3) is 0.560. The quantitative estimate of drug-likeness (QED) is 0.611. The molecule has 0 radical (unpaired) electrons. The molecule has 1 aromatic heterocycles. The topological polar surface area (TPSA) is 76.1 Å². The number of benzene rings is 1. The summed E-state index contributed by atoms with van der Waals surface area (Å²) in [7, 11) is 0. The number of ether oxygens (including phenoxy) is 1. The number of rotatable bonds is 7. The van der Waals surface area contributed by atoms with Gasteiger partial charge in [-0.05, 0) is 88.3 Å². The molecule has 1 aromatic carbocycles. The lowest BCUT2D eigenvalue weighted by atomic mass is 9.53. The maximum Gasteiger partial charge on any atom is 0.338 e. The molecule has 0 spiro atoms. The largest absolute Gasteiger partial charge is 0.459 e. The van der Waals surface area contributed by atoms with E-state index < -0.39 is 6.52 Å². The lowest BCUT2D eigenvalue weighted by Gasteiger charge is -2.57. The Labute approximate surface area is 185 Å². The van der Waals surface area contributed by atoms with Gasteiger partial charge >= 0.3 is 5.97 Å². The van der Waals surface area contributed by atoms with Crippen LogP contribution in [-0.2, 0) is 11.3 Å². The van der Waals surface area contributed by atoms with Crippen molar-refractivity contribution in [2.24, 2.45) is 17.8 Å². The summed E-state index contributed by atoms with van der Waals surface area (Å²) in [5.74, 6) is 2.14. The first-order valence-corrected chi connectivity index (χ1v) is 11.5. The van der Waals surface area contributed by atoms with E-state index in [-0.39, 0.29) is 17.6 Å². The zero-order valence-corrected chi connectivity index (χ0v) is 18.3. The van der Waals surface area contributed by atoms with Crippen LogP contribution in [-0.4, -0.2) is 27.6 Å². The van der Waals surface area contributed by atoms with Gasteiger partial charge in [0.25, 0.3) is 0 Å². The van der Waals surface area contributed by atoms with Gasteiger partial charge in [-0.1, -0.05) is 0 Å². The second-order valence-corrected chi connectivity index (χ2v) is 10.00. The fourth-order valence-electron chi connectivity index (χ4n) is 6.28. The highest BCUT2D eigenvalue weighted by Gasteiger charge is 2.51. The minimum Gasteiger partial charge on any atom is -0.459 e. The SMILES string of the molecule is [2H]C(Nc1cc(C(=O)OC(C)C)ccc1NC12CC3CC(CC(C3)C1)C2)c1cncnc1. The highest BCUT2D eigenvalue weighted by atomic mass is 16.5. The van der Waals surface area contributed by atoms with Crippen molar-refractivity contribution in [3.63, 3.8) is 0 Å². The molecule has 4 aliphatic carbocycles. The van der Waals surface area contributed by atoms with Gasteiger partial charge in [0.2, 0.25) is 0 Å². The molecule has 6 rings (SSSR count). The van der Waals surface area contributed by atoms with Crippen molar-refractivity contribution in [1.82, 2.24) is 9.97 Å². The number of nitrogens with one attached hydrogen (secondary N) is 2. The van der Waals surface area contributed by atoms with E-state index in [1.54, 1.807) is 18.5 Å². The first-order valence-electron chi connectivity index (χ1n) is 12.0. The molecule has 2 N–H and O–H groups in total. The van der Waals surface area contributed by atoms with E-state index in [0.717, 1.165) is 29.1 Å². The van der Waals surface area contributed by atoms with Crippen LogP contribution in [0.25, 0.3) is 0 Å². The van der Waals surface area contributed by atoms with Crippen molar-refractivity contribution < 1.29 is 10.9 Å². The Balaban J connectivity index is 1.44. The zero-order chi connectivity index (χ0) is 22.3. The van der Waals surface area contributed by atoms with Crippen LogP contribution in [0.3, 0.4) is 0 Å². The Morgan fingerprint density at radius 3 is 2.39 bits per heavy atom. The molecule has 4 fully saturated rings. The van der Waals surface area contributed by atoms with E-state index in [1.165, 1.54) is 44.9 Å². The molecule has 0 aliphatic heterocycles. The normalized spacial score (nSPS) is 30.0. The number of hydrogen-bond acceptors (Lipinski definition) is 6. The molecule has 6 heteroatoms. The third kappa shape index (κ3) is 4.39. The summed E-state index contributed by atoms with van der Waals surface area (Å²) in [6, 6.07) is 5.59. The van der Waals surface area contributed by atoms with Crippen LogP contribution in [0, 0.1) is 17.8 Å². The van der Waals surface area contributed by atoms with Crippen LogP contribution in [0.4, 0.5) is 11.4 Å². The summed E-state index contributed by atoms with van der Waals surface area (Å²) in [5, 5.41) is 7.16. The lowest BCUT2D eigenvalue weighted by Crippen LogP contribution is -2.54. The number of esters is 1. The summed E-state index contributed by atoms with van der Waals surface area (Å²) < 4.78 is 14.0. The molecule has 6 nitrogen and oxygen atoms in total. The van der Waals surface area contributed by atoms with Gasteiger partial charge in [0, 0.05) is 30.0 Å². The van der Waals surface area contributed by atoms with E-state index in [4.69, 9.17) is 6.11 Å². The van der Waals surface area contributed by atoms with Crippen LogP contribution in [0.2, 0.25) is 0 Å². The third-order valence-electron chi connectivity index (χ3n) is 7.01. The number of anilines is 2. The Morgan fingerprint density at radius 1 is 1.13 bits per heavy atom. The smallest absolute Gasteiger partial charge is 0.338 e. The van der Waals surface area contributed by atoms with Crippen LogP contribution in [0.5, 0.6) is 0 Å². The van der Waals surface area contributed by atoms with E-state index in [1.807, 2.05) is 26.0 Å². The van der Waals surface area contributed by atoms with Gasteiger partial charge in [-0.25, -0.2) is 14.8 Å². The molecule has 4 aliphatic rings. The Bertz CT molecular complexity index is 946. The van der Waals surface area contributed by atoms with Gasteiger partial charge in [-0.15, -0.1) is 0 Å². The highest BCUT2D eigenvalue weighted by Crippen LogP contribution is 2.56. The highest BCUT2D eigenvalue weighted by molar-refractivity contribution is 5.92. The molecule has 164 valence electrons. The minimum atomic E-state index is -0.746. The molecule has 4 bridgehead atoms. The van der Waals surface area contributed by atoms with Gasteiger partial charge in [-0.2, -0.15) is 0 Å². The Kier molecular flexibility index (Phi) is 5.01. The molecule has 0 amide bonds. The summed E-state index contributed by atoms with van der Waals surface area (Å²) in [6.07, 6.45) is 12.3. The maximum absolute atomic E-state index is 12.5. The summed E-state index contributed by atoms with van der Waals surface area (Å²) >= 11 is 0. The zero-order valence-electron chi connectivity index (χ0n) is 19.3. The van der Waals surface area contributed by atoms with Crippen molar-refractivity contribution >= 4 is 17.3 Å². The Morgan fingerprint density at radius 2 is 1.77 bits per heavy atom. The number of carbonyl (C=O) groups excluding carboxylic acids is 1. The van der Waals surface area contributed by atoms with E-state index in [0.29, 0.717) is 11.1 Å². The first kappa shape index (κ1) is 19.1. The molecular formula is C25H32N4O2. The van der Waals surface area contributed by atoms with Gasteiger partial charge in [-0.3, -0.25) is 0 Å². The van der Waals surface area contributed by atoms with Crippen molar-refractivity contribution in [1.29, 1.82) is 0 Å². The number of hydrogen-bond donors (Lipinski definition) is 2. The van der Waals surface area contributed by atoms with Gasteiger partial charge < -0.3 is 15.4 Å². The summed E-state index contributed by atoms with van der Waals surface area (Å²) in [6.45, 7) is 2.94. The van der Waals surface area contributed by atoms with Crippen LogP contribution >= 0.6 is 0 Å². The molecule has 1 heterocycles. The molecular weight excluding hydrogens is 388 g/mol. The number of aromatic nitrogens is 2. The monoisotopic (exact) mass is 421 g/mol. The molecule has 1 unspecified atom stereocenters. The predicted molar refractivity (Wildman–Crippen MR) is 121 cm³/mol. The maximum atomic E-state index is 12.5. The summed E-state index contributed by atoms with van der Waals surface area (Å²) in [4.78, 5) is 20.6. The number of carbonyl (C=O) groups is 1. The minimum absolute atomic E-state index is 0.124. The lowest BCUT2D eigenvalue weighted by molar-refractivity contribution is 0.0107. The molecule has 2 aromatic rings. The first-order chi connectivity index (χ1) is 15.4. The number of nitrogens with zero attached hydrogens (tertiary/aromatic N) is 2. The van der Waals surface area contributed by atoms with Crippen LogP contribution < -0.4 is 10.6 Å². The average molecular weight is 422 g/mol. The Hall–Kier alpha value is -2.63. The average Bonchev–Trinajstić information content (AvgIpc) is 2.74. The van der Waals surface area contributed by atoms with Crippen molar-refractivity contribution in [2.75, 3.05) is 10.6 Å². The van der Waals surface area contributed by atoms with E-state index in [2.05, 4.69) is 20.6 Å². The van der Waals surface area contributed by atoms with E-state index in [9.17, 15) is 4.79 Å². The second kappa shape index (κ2) is 8.13. The van der Waals surface area contributed by atoms with Crippen LogP contribution in [0.15, 0.2) is 36.9 Å². The van der Waals surface area contributed by atoms with Gasteiger partial charge in [0.1, 0.15) is 6.33 Å². The fourth-order valence-corrected chi connectivity index (χ4v) is 6.28. The van der Waals surface area contributed by atoms with Crippen molar-refractivity contribution in [3.8, 4) is 0 Å². The predicted octanol–water partition coefficient (Wildman–Crippen LogP) is 5.03. The molecule has 31 heavy (non-hydrogen) atoms. The van der Waals surface area contributed by atoms with Crippen molar-refractivity contribution in [2.45, 2.75) is 70.5 Å². The van der Waals surface area contributed by atoms with Crippen molar-refractivity contribution in [3.05, 3.63) is 48.0 Å². The van der Waals surface area contributed by atoms with Gasteiger partial charge in [0.05, 0.1) is 24.4 Å². The third-order valence-corrected chi connectivity index (χ3v) is 7.01. The van der Waals surface area contributed by atoms with E-state index >= 15 is 0 Å². The molecule has 4 saturated carbocycles. The van der Waals surface area contributed by atoms with Crippen LogP contribution in [0.1, 0.15) is 69.7 Å².